The Morgan fingerprint density at radius 2 is 2.25 bits per heavy atom. The Bertz CT molecular complexity index is 736. The predicted molar refractivity (Wildman–Crippen MR) is 76.6 cm³/mol. The zero-order valence-corrected chi connectivity index (χ0v) is 12.4. The summed E-state index contributed by atoms with van der Waals surface area (Å²) in [6, 6.07) is 5.20. The van der Waals surface area contributed by atoms with Gasteiger partial charge in [0.1, 0.15) is 11.3 Å². The molecule has 1 fully saturated rings. The van der Waals surface area contributed by atoms with E-state index >= 15 is 0 Å². The third kappa shape index (κ3) is 2.23. The summed E-state index contributed by atoms with van der Waals surface area (Å²) >= 11 is 0. The van der Waals surface area contributed by atoms with Crippen LogP contribution in [0.3, 0.4) is 0 Å². The molecule has 6 heteroatoms. The van der Waals surface area contributed by atoms with Crippen molar-refractivity contribution in [2.45, 2.75) is 36.7 Å². The molecule has 2 unspecified atom stereocenters. The molecule has 2 aromatic rings. The normalized spacial score (nSPS) is 23.5. The van der Waals surface area contributed by atoms with Crippen LogP contribution in [-0.4, -0.2) is 37.4 Å². The number of fused-ring (bicyclic) bond motifs is 1. The molecule has 1 aromatic carbocycles. The minimum absolute atomic E-state index is 0.164. The van der Waals surface area contributed by atoms with Crippen LogP contribution in [0.1, 0.15) is 31.5 Å². The second kappa shape index (κ2) is 4.86. The van der Waals surface area contributed by atoms with Gasteiger partial charge in [-0.05, 0) is 25.0 Å². The molecule has 0 radical (unpaired) electrons. The molecule has 1 saturated heterocycles. The maximum absolute atomic E-state index is 11.8. The molecule has 1 aliphatic rings. The van der Waals surface area contributed by atoms with Crippen molar-refractivity contribution < 1.29 is 13.2 Å². The second-order valence-electron chi connectivity index (χ2n) is 5.26. The van der Waals surface area contributed by atoms with Crippen LogP contribution in [0.2, 0.25) is 0 Å². The Hall–Kier alpha value is -1.40. The van der Waals surface area contributed by atoms with E-state index in [1.165, 1.54) is 6.26 Å². The summed E-state index contributed by atoms with van der Waals surface area (Å²) < 4.78 is 29.3. The summed E-state index contributed by atoms with van der Waals surface area (Å²) in [5.41, 5.74) is 1.30. The van der Waals surface area contributed by atoms with Gasteiger partial charge in [0.2, 0.25) is 0 Å². The quantitative estimate of drug-likeness (QED) is 0.942. The summed E-state index contributed by atoms with van der Waals surface area (Å²) in [6.45, 7) is 2.83. The Balaban J connectivity index is 2.12. The number of benzene rings is 1. The fraction of sp³-hybridized carbons (Fsp3) is 0.500. The van der Waals surface area contributed by atoms with Crippen molar-refractivity contribution in [1.29, 1.82) is 0 Å². The number of ether oxygens (including phenoxy) is 1. The van der Waals surface area contributed by atoms with Crippen LogP contribution >= 0.6 is 0 Å². The Labute approximate surface area is 118 Å². The first-order chi connectivity index (χ1) is 9.50. The number of hydrogen-bond acceptors (Lipinski definition) is 4. The lowest BCUT2D eigenvalue weighted by Gasteiger charge is -2.13. The summed E-state index contributed by atoms with van der Waals surface area (Å²) in [7, 11) is -3.27. The van der Waals surface area contributed by atoms with Crippen LogP contribution in [0.25, 0.3) is 11.0 Å². The summed E-state index contributed by atoms with van der Waals surface area (Å²) in [4.78, 5) is 8.09. The number of imidazole rings is 1. The standard InChI is InChI=1S/C14H18N2O3S/c1-3-11-9(7-8-19-11)14-15-10-5-4-6-12(13(10)16-14)20(2,17)18/h4-6,9,11H,3,7-8H2,1-2H3,(H,15,16). The molecule has 3 rings (SSSR count). The van der Waals surface area contributed by atoms with Gasteiger partial charge in [-0.1, -0.05) is 13.0 Å². The SMILES string of the molecule is CCC1OCCC1c1nc2c(S(C)(=O)=O)cccc2[nH]1. The fourth-order valence-electron chi connectivity index (χ4n) is 2.86. The van der Waals surface area contributed by atoms with Gasteiger partial charge in [0.05, 0.1) is 16.5 Å². The van der Waals surface area contributed by atoms with Gasteiger partial charge < -0.3 is 9.72 Å². The first-order valence-electron chi connectivity index (χ1n) is 6.81. The van der Waals surface area contributed by atoms with Crippen LogP contribution in [0, 0.1) is 0 Å². The van der Waals surface area contributed by atoms with E-state index in [0.29, 0.717) is 5.52 Å². The monoisotopic (exact) mass is 294 g/mol. The number of nitrogens with zero attached hydrogens (tertiary/aromatic N) is 1. The van der Waals surface area contributed by atoms with Crippen molar-refractivity contribution in [3.63, 3.8) is 0 Å². The van der Waals surface area contributed by atoms with E-state index in [9.17, 15) is 8.42 Å². The highest BCUT2D eigenvalue weighted by atomic mass is 32.2. The Morgan fingerprint density at radius 3 is 2.95 bits per heavy atom. The number of aromatic amines is 1. The van der Waals surface area contributed by atoms with E-state index in [1.54, 1.807) is 12.1 Å². The maximum atomic E-state index is 11.8. The molecule has 1 aliphatic heterocycles. The highest BCUT2D eigenvalue weighted by Crippen LogP contribution is 2.33. The molecule has 5 nitrogen and oxygen atoms in total. The van der Waals surface area contributed by atoms with Crippen LogP contribution in [0.5, 0.6) is 0 Å². The van der Waals surface area contributed by atoms with Crippen molar-refractivity contribution in [3.8, 4) is 0 Å². The molecular formula is C14H18N2O3S. The number of para-hydroxylation sites is 1. The lowest BCUT2D eigenvalue weighted by Crippen LogP contribution is -2.14. The van der Waals surface area contributed by atoms with Crippen molar-refractivity contribution in [3.05, 3.63) is 24.0 Å². The smallest absolute Gasteiger partial charge is 0.177 e. The van der Waals surface area contributed by atoms with Gasteiger partial charge in [0, 0.05) is 18.8 Å². The van der Waals surface area contributed by atoms with Gasteiger partial charge in [-0.2, -0.15) is 0 Å². The fourth-order valence-corrected chi connectivity index (χ4v) is 3.70. The molecule has 0 saturated carbocycles. The van der Waals surface area contributed by atoms with Gasteiger partial charge >= 0.3 is 0 Å². The number of H-pyrrole nitrogens is 1. The molecule has 108 valence electrons. The Morgan fingerprint density at radius 1 is 1.45 bits per heavy atom. The number of rotatable bonds is 3. The molecule has 0 aliphatic carbocycles. The van der Waals surface area contributed by atoms with E-state index in [2.05, 4.69) is 16.9 Å². The van der Waals surface area contributed by atoms with E-state index < -0.39 is 9.84 Å². The van der Waals surface area contributed by atoms with Crippen LogP contribution in [0.15, 0.2) is 23.1 Å². The Kier molecular flexibility index (Phi) is 3.30. The maximum Gasteiger partial charge on any atom is 0.177 e. The molecule has 2 atom stereocenters. The average Bonchev–Trinajstić information content (AvgIpc) is 3.02. The number of hydrogen-bond donors (Lipinski definition) is 1. The van der Waals surface area contributed by atoms with Crippen LogP contribution < -0.4 is 0 Å². The summed E-state index contributed by atoms with van der Waals surface area (Å²) in [6.07, 6.45) is 3.23. The molecule has 20 heavy (non-hydrogen) atoms. The zero-order valence-electron chi connectivity index (χ0n) is 11.6. The van der Waals surface area contributed by atoms with Crippen LogP contribution in [-0.2, 0) is 14.6 Å². The summed E-state index contributed by atoms with van der Waals surface area (Å²) in [5.74, 6) is 1.06. The van der Waals surface area contributed by atoms with Gasteiger partial charge in [-0.15, -0.1) is 0 Å². The lowest BCUT2D eigenvalue weighted by atomic mass is 9.99. The summed E-state index contributed by atoms with van der Waals surface area (Å²) in [5, 5.41) is 0. The van der Waals surface area contributed by atoms with Gasteiger partial charge in [-0.3, -0.25) is 0 Å². The molecule has 1 aromatic heterocycles. The zero-order chi connectivity index (χ0) is 14.3. The largest absolute Gasteiger partial charge is 0.377 e. The number of sulfone groups is 1. The molecule has 0 amide bonds. The van der Waals surface area contributed by atoms with Crippen molar-refractivity contribution >= 4 is 20.9 Å². The van der Waals surface area contributed by atoms with E-state index in [4.69, 9.17) is 4.74 Å². The average molecular weight is 294 g/mol. The first-order valence-corrected chi connectivity index (χ1v) is 8.70. The van der Waals surface area contributed by atoms with Crippen molar-refractivity contribution in [2.24, 2.45) is 0 Å². The van der Waals surface area contributed by atoms with Gasteiger partial charge in [-0.25, -0.2) is 13.4 Å². The van der Waals surface area contributed by atoms with E-state index in [1.807, 2.05) is 6.07 Å². The third-order valence-corrected chi connectivity index (χ3v) is 4.98. The molecule has 0 bridgehead atoms. The number of nitrogens with one attached hydrogen (secondary N) is 1. The highest BCUT2D eigenvalue weighted by molar-refractivity contribution is 7.91. The topological polar surface area (TPSA) is 72.0 Å². The highest BCUT2D eigenvalue weighted by Gasteiger charge is 2.31. The third-order valence-electron chi connectivity index (χ3n) is 3.86. The van der Waals surface area contributed by atoms with Crippen LogP contribution in [0.4, 0.5) is 0 Å². The molecule has 0 spiro atoms. The second-order valence-corrected chi connectivity index (χ2v) is 7.24. The predicted octanol–water partition coefficient (Wildman–Crippen LogP) is 2.25. The lowest BCUT2D eigenvalue weighted by molar-refractivity contribution is 0.0996. The van der Waals surface area contributed by atoms with Crippen molar-refractivity contribution in [1.82, 2.24) is 9.97 Å². The first kappa shape index (κ1) is 13.6. The van der Waals surface area contributed by atoms with Gasteiger partial charge in [0.25, 0.3) is 0 Å². The van der Waals surface area contributed by atoms with Gasteiger partial charge in [0.15, 0.2) is 9.84 Å². The molecule has 2 heterocycles. The minimum Gasteiger partial charge on any atom is -0.377 e. The molecular weight excluding hydrogens is 276 g/mol. The van der Waals surface area contributed by atoms with E-state index in [0.717, 1.165) is 30.8 Å². The van der Waals surface area contributed by atoms with E-state index in [-0.39, 0.29) is 16.9 Å². The van der Waals surface area contributed by atoms with Crippen molar-refractivity contribution in [2.75, 3.05) is 12.9 Å². The molecule has 1 N–H and O–H groups in total. The minimum atomic E-state index is -3.27. The number of aromatic nitrogens is 2.